The van der Waals surface area contributed by atoms with Crippen LogP contribution in [0.2, 0.25) is 6.04 Å². The standard InChI is InChI=1S/C6H17NO2Si/c1-4-10(5-7)6(8-2)9-3/h6,10H,4-5,7H2,1-3H3. The molecule has 0 aromatic heterocycles. The summed E-state index contributed by atoms with van der Waals surface area (Å²) in [6, 6.07) is 1.13. The van der Waals surface area contributed by atoms with Crippen molar-refractivity contribution >= 4 is 8.80 Å². The Morgan fingerprint density at radius 1 is 1.40 bits per heavy atom. The van der Waals surface area contributed by atoms with E-state index >= 15 is 0 Å². The van der Waals surface area contributed by atoms with Crippen LogP contribution in [0.3, 0.4) is 0 Å². The van der Waals surface area contributed by atoms with E-state index in [9.17, 15) is 0 Å². The first-order chi connectivity index (χ1) is 4.79. The molecule has 0 spiro atoms. The summed E-state index contributed by atoms with van der Waals surface area (Å²) in [6.07, 6.45) is 0.753. The highest BCUT2D eigenvalue weighted by Gasteiger charge is 2.18. The van der Waals surface area contributed by atoms with Crippen LogP contribution < -0.4 is 5.73 Å². The summed E-state index contributed by atoms with van der Waals surface area (Å²) in [5.41, 5.74) is 5.54. The van der Waals surface area contributed by atoms with Crippen LogP contribution in [-0.4, -0.2) is 35.1 Å². The molecule has 62 valence electrons. The number of rotatable bonds is 5. The van der Waals surface area contributed by atoms with Gasteiger partial charge in [-0.1, -0.05) is 13.0 Å². The molecule has 1 unspecified atom stereocenters. The first kappa shape index (κ1) is 10.1. The number of nitrogens with two attached hydrogens (primary N) is 1. The van der Waals surface area contributed by atoms with Gasteiger partial charge in [-0.3, -0.25) is 0 Å². The van der Waals surface area contributed by atoms with E-state index in [0.717, 1.165) is 12.2 Å². The van der Waals surface area contributed by atoms with Crippen molar-refractivity contribution in [2.45, 2.75) is 18.9 Å². The zero-order valence-electron chi connectivity index (χ0n) is 6.96. The van der Waals surface area contributed by atoms with E-state index in [-0.39, 0.29) is 5.91 Å². The third-order valence-corrected chi connectivity index (χ3v) is 4.65. The molecule has 0 aliphatic heterocycles. The molecule has 0 bridgehead atoms. The van der Waals surface area contributed by atoms with E-state index in [0.29, 0.717) is 0 Å². The van der Waals surface area contributed by atoms with Gasteiger partial charge >= 0.3 is 0 Å². The Morgan fingerprint density at radius 3 is 2.00 bits per heavy atom. The minimum absolute atomic E-state index is 0.00463. The first-order valence-corrected chi connectivity index (χ1v) is 5.85. The van der Waals surface area contributed by atoms with Gasteiger partial charge in [-0.2, -0.15) is 0 Å². The monoisotopic (exact) mass is 163 g/mol. The number of ether oxygens (including phenoxy) is 2. The van der Waals surface area contributed by atoms with Crippen molar-refractivity contribution in [1.29, 1.82) is 0 Å². The predicted molar refractivity (Wildman–Crippen MR) is 44.5 cm³/mol. The Labute approximate surface area is 64.1 Å². The summed E-state index contributed by atoms with van der Waals surface area (Å²) in [5, 5.41) is 0. The van der Waals surface area contributed by atoms with Crippen molar-refractivity contribution in [1.82, 2.24) is 0 Å². The zero-order chi connectivity index (χ0) is 7.98. The molecule has 2 N–H and O–H groups in total. The summed E-state index contributed by atoms with van der Waals surface area (Å²) >= 11 is 0. The van der Waals surface area contributed by atoms with E-state index in [1.165, 1.54) is 0 Å². The van der Waals surface area contributed by atoms with Crippen LogP contribution in [0.25, 0.3) is 0 Å². The van der Waals surface area contributed by atoms with Crippen LogP contribution in [0.15, 0.2) is 0 Å². The highest BCUT2D eigenvalue weighted by atomic mass is 28.3. The van der Waals surface area contributed by atoms with Gasteiger partial charge in [0.2, 0.25) is 0 Å². The van der Waals surface area contributed by atoms with Crippen molar-refractivity contribution < 1.29 is 9.47 Å². The molecule has 10 heavy (non-hydrogen) atoms. The van der Waals surface area contributed by atoms with Gasteiger partial charge < -0.3 is 15.2 Å². The van der Waals surface area contributed by atoms with Crippen molar-refractivity contribution in [3.8, 4) is 0 Å². The summed E-state index contributed by atoms with van der Waals surface area (Å²) < 4.78 is 10.2. The van der Waals surface area contributed by atoms with Gasteiger partial charge in [0.25, 0.3) is 0 Å². The molecule has 3 nitrogen and oxygen atoms in total. The fourth-order valence-corrected chi connectivity index (χ4v) is 2.66. The lowest BCUT2D eigenvalue weighted by Crippen LogP contribution is -2.40. The lowest BCUT2D eigenvalue weighted by molar-refractivity contribution is -0.0473. The molecule has 0 aliphatic carbocycles. The minimum Gasteiger partial charge on any atom is -0.360 e. The summed E-state index contributed by atoms with van der Waals surface area (Å²) in [6.45, 7) is 2.13. The highest BCUT2D eigenvalue weighted by Crippen LogP contribution is 2.00. The molecule has 0 saturated heterocycles. The molecule has 0 radical (unpaired) electrons. The fourth-order valence-electron chi connectivity index (χ4n) is 0.951. The number of methoxy groups -OCH3 is 2. The van der Waals surface area contributed by atoms with Crippen LogP contribution in [0.4, 0.5) is 0 Å². The Bertz CT molecular complexity index is 64.1. The number of hydrogen-bond donors (Lipinski definition) is 1. The predicted octanol–water partition coefficient (Wildman–Crippen LogP) is -0.111. The Kier molecular flexibility index (Phi) is 5.91. The highest BCUT2D eigenvalue weighted by molar-refractivity contribution is 6.59. The van der Waals surface area contributed by atoms with Gasteiger partial charge in [0, 0.05) is 14.2 Å². The molecule has 0 rings (SSSR count). The van der Waals surface area contributed by atoms with Crippen molar-refractivity contribution in [2.24, 2.45) is 5.73 Å². The molecule has 4 heteroatoms. The average molecular weight is 163 g/mol. The lowest BCUT2D eigenvalue weighted by Gasteiger charge is -2.20. The summed E-state index contributed by atoms with van der Waals surface area (Å²) in [5.74, 6) is -0.00463. The molecule has 0 aliphatic rings. The molecule has 0 aromatic rings. The molecule has 0 saturated carbocycles. The van der Waals surface area contributed by atoms with Gasteiger partial charge in [0.15, 0.2) is 0 Å². The van der Waals surface area contributed by atoms with Gasteiger partial charge in [-0.05, 0) is 6.17 Å². The lowest BCUT2D eigenvalue weighted by atomic mass is 11.0. The largest absolute Gasteiger partial charge is 0.360 e. The van der Waals surface area contributed by atoms with Crippen LogP contribution >= 0.6 is 0 Å². The molecule has 0 aromatic carbocycles. The second-order valence-electron chi connectivity index (χ2n) is 2.24. The third kappa shape index (κ3) is 2.79. The fraction of sp³-hybridized carbons (Fsp3) is 1.00. The Hall–Kier alpha value is 0.0969. The zero-order valence-corrected chi connectivity index (χ0v) is 8.12. The molecular formula is C6H17NO2Si. The summed E-state index contributed by atoms with van der Waals surface area (Å²) in [4.78, 5) is 0. The van der Waals surface area contributed by atoms with Crippen LogP contribution in [0, 0.1) is 0 Å². The first-order valence-electron chi connectivity index (χ1n) is 3.55. The smallest absolute Gasteiger partial charge is 0.138 e. The second-order valence-corrected chi connectivity index (χ2v) is 5.60. The van der Waals surface area contributed by atoms with Gasteiger partial charge in [-0.25, -0.2) is 0 Å². The molecule has 0 heterocycles. The summed E-state index contributed by atoms with van der Waals surface area (Å²) in [7, 11) is 2.36. The van der Waals surface area contributed by atoms with Crippen molar-refractivity contribution in [3.63, 3.8) is 0 Å². The van der Waals surface area contributed by atoms with Crippen molar-refractivity contribution in [3.05, 3.63) is 0 Å². The SMILES string of the molecule is CC[SiH](CN)C(OC)OC. The quantitative estimate of drug-likeness (QED) is 0.454. The van der Waals surface area contributed by atoms with E-state index in [1.54, 1.807) is 14.2 Å². The number of hydrogen-bond acceptors (Lipinski definition) is 3. The van der Waals surface area contributed by atoms with Crippen molar-refractivity contribution in [2.75, 3.05) is 20.4 Å². The Morgan fingerprint density at radius 2 is 1.90 bits per heavy atom. The third-order valence-electron chi connectivity index (χ3n) is 1.68. The maximum absolute atomic E-state index is 5.54. The second kappa shape index (κ2) is 5.85. The topological polar surface area (TPSA) is 44.5 Å². The average Bonchev–Trinajstić information content (AvgIpc) is 2.00. The maximum Gasteiger partial charge on any atom is 0.138 e. The van der Waals surface area contributed by atoms with Gasteiger partial charge in [0.1, 0.15) is 14.7 Å². The maximum atomic E-state index is 5.54. The molecular weight excluding hydrogens is 146 g/mol. The van der Waals surface area contributed by atoms with Crippen LogP contribution in [0.5, 0.6) is 0 Å². The molecule has 0 fully saturated rings. The van der Waals surface area contributed by atoms with E-state index in [1.807, 2.05) is 0 Å². The molecule has 1 atom stereocenters. The van der Waals surface area contributed by atoms with Gasteiger partial charge in [0.05, 0.1) is 0 Å². The molecule has 0 amide bonds. The Balaban J connectivity index is 3.70. The van der Waals surface area contributed by atoms with Crippen LogP contribution in [-0.2, 0) is 9.47 Å². The van der Waals surface area contributed by atoms with E-state index < -0.39 is 8.80 Å². The van der Waals surface area contributed by atoms with E-state index in [2.05, 4.69) is 6.92 Å². The van der Waals surface area contributed by atoms with E-state index in [4.69, 9.17) is 15.2 Å². The normalized spacial score (nSPS) is 14.1. The minimum atomic E-state index is -0.974. The van der Waals surface area contributed by atoms with Gasteiger partial charge in [-0.15, -0.1) is 0 Å². The van der Waals surface area contributed by atoms with Crippen LogP contribution in [0.1, 0.15) is 6.92 Å².